The summed E-state index contributed by atoms with van der Waals surface area (Å²) in [7, 11) is -3.29. The van der Waals surface area contributed by atoms with Gasteiger partial charge in [-0.2, -0.15) is 0 Å². The van der Waals surface area contributed by atoms with Crippen molar-refractivity contribution >= 4 is 33.4 Å². The molecule has 4 nitrogen and oxygen atoms in total. The predicted octanol–water partition coefficient (Wildman–Crippen LogP) is 1.83. The van der Waals surface area contributed by atoms with Crippen LogP contribution in [0.15, 0.2) is 0 Å². The van der Waals surface area contributed by atoms with Crippen LogP contribution < -0.4 is 4.63 Å². The van der Waals surface area contributed by atoms with Crippen molar-refractivity contribution in [2.45, 2.75) is 56.6 Å². The molecule has 2 saturated carbocycles. The molecule has 0 saturated heterocycles. The Morgan fingerprint density at radius 2 is 1.67 bits per heavy atom. The first-order chi connectivity index (χ1) is 8.59. The third-order valence-electron chi connectivity index (χ3n) is 3.54. The van der Waals surface area contributed by atoms with Gasteiger partial charge in [-0.3, -0.25) is 4.79 Å². The molecule has 0 aliphatic heterocycles. The highest BCUT2D eigenvalue weighted by Crippen LogP contribution is 2.33. The minimum atomic E-state index is -3.29. The summed E-state index contributed by atoms with van der Waals surface area (Å²) in [4.78, 5) is 11.4. The number of hydrogen-bond donors (Lipinski definition) is 1. The fourth-order valence-corrected chi connectivity index (χ4v) is 4.63. The Balaban J connectivity index is 1.76. The van der Waals surface area contributed by atoms with Crippen LogP contribution in [0.4, 0.5) is 0 Å². The van der Waals surface area contributed by atoms with Gasteiger partial charge in [0, 0.05) is 5.92 Å². The van der Waals surface area contributed by atoms with Crippen LogP contribution in [-0.4, -0.2) is 25.5 Å². The van der Waals surface area contributed by atoms with Crippen LogP contribution in [0.3, 0.4) is 0 Å². The fourth-order valence-electron chi connectivity index (χ4n) is 2.21. The molecule has 0 heterocycles. The van der Waals surface area contributed by atoms with E-state index in [9.17, 15) is 13.2 Å². The highest BCUT2D eigenvalue weighted by molar-refractivity contribution is 8.34. The summed E-state index contributed by atoms with van der Waals surface area (Å²) in [6, 6.07) is 0. The summed E-state index contributed by atoms with van der Waals surface area (Å²) in [5, 5.41) is -0.202. The van der Waals surface area contributed by atoms with E-state index in [0.717, 1.165) is 63.0 Å². The molecule has 0 aromatic rings. The second kappa shape index (κ2) is 6.43. The second-order valence-electron chi connectivity index (χ2n) is 5.11. The van der Waals surface area contributed by atoms with E-state index in [-0.39, 0.29) is 16.3 Å². The zero-order valence-corrected chi connectivity index (χ0v) is 12.1. The van der Waals surface area contributed by atoms with E-state index in [2.05, 4.69) is 4.63 Å². The van der Waals surface area contributed by atoms with Crippen LogP contribution in [0, 0.1) is 5.92 Å². The molecule has 2 rings (SSSR count). The van der Waals surface area contributed by atoms with Crippen molar-refractivity contribution in [2.24, 2.45) is 5.92 Å². The predicted molar refractivity (Wildman–Crippen MR) is 74.6 cm³/mol. The average molecular weight is 288 g/mol. The lowest BCUT2D eigenvalue weighted by Crippen LogP contribution is -2.35. The summed E-state index contributed by atoms with van der Waals surface area (Å²) in [6.45, 7) is 1.35. The summed E-state index contributed by atoms with van der Waals surface area (Å²) in [5.74, 6) is 0.161. The van der Waals surface area contributed by atoms with E-state index in [4.69, 9.17) is 0 Å². The first-order valence-corrected chi connectivity index (χ1v) is 9.05. The maximum Gasteiger partial charge on any atom is 0.311 e. The lowest BCUT2D eigenvalue weighted by atomic mass is 10.2. The van der Waals surface area contributed by atoms with Gasteiger partial charge < -0.3 is 0 Å². The molecule has 1 radical (unpaired) electrons. The van der Waals surface area contributed by atoms with Crippen LogP contribution in [0.5, 0.6) is 0 Å². The van der Waals surface area contributed by atoms with Crippen molar-refractivity contribution in [3.05, 3.63) is 0 Å². The molecule has 0 atom stereocenters. The number of rotatable bonds is 5. The number of carbonyl (C=O) groups excluding carboxylic acids is 1. The van der Waals surface area contributed by atoms with Crippen molar-refractivity contribution in [3.63, 3.8) is 0 Å². The lowest BCUT2D eigenvalue weighted by Gasteiger charge is -2.15. The van der Waals surface area contributed by atoms with Crippen molar-refractivity contribution in [2.75, 3.05) is 0 Å². The summed E-state index contributed by atoms with van der Waals surface area (Å²) >= 11 is 0.989. The Hall–Kier alpha value is -0.00506. The summed E-state index contributed by atoms with van der Waals surface area (Å²) < 4.78 is 26.5. The largest absolute Gasteiger partial charge is 0.311 e. The Morgan fingerprint density at radius 3 is 2.22 bits per heavy atom. The van der Waals surface area contributed by atoms with E-state index in [1.54, 1.807) is 0 Å². The molecule has 101 valence electrons. The van der Waals surface area contributed by atoms with E-state index >= 15 is 0 Å². The summed E-state index contributed by atoms with van der Waals surface area (Å²) in [6.07, 6.45) is 7.62. The smallest absolute Gasteiger partial charge is 0.288 e. The Labute approximate surface area is 114 Å². The molecule has 0 amide bonds. The molecule has 18 heavy (non-hydrogen) atoms. The monoisotopic (exact) mass is 288 g/mol. The SMILES string of the molecule is O=C(S[B]NS(=O)(=O)C1CCCCCC1)C1CC1. The van der Waals surface area contributed by atoms with Crippen LogP contribution in [-0.2, 0) is 14.8 Å². The topological polar surface area (TPSA) is 63.2 Å². The van der Waals surface area contributed by atoms with Gasteiger partial charge in [-0.05, 0) is 25.7 Å². The third kappa shape index (κ3) is 4.28. The molecule has 0 spiro atoms. The van der Waals surface area contributed by atoms with Gasteiger partial charge in [0.2, 0.25) is 10.0 Å². The van der Waals surface area contributed by atoms with Crippen molar-refractivity contribution in [3.8, 4) is 0 Å². The third-order valence-corrected chi connectivity index (χ3v) is 6.29. The maximum absolute atomic E-state index is 12.0. The number of nitrogens with one attached hydrogen (secondary N) is 1. The number of sulfonamides is 1. The van der Waals surface area contributed by atoms with Crippen molar-refractivity contribution in [1.29, 1.82) is 0 Å². The number of carbonyl (C=O) groups is 1. The van der Waals surface area contributed by atoms with Gasteiger partial charge in [0.05, 0.1) is 5.25 Å². The molecule has 0 unspecified atom stereocenters. The highest BCUT2D eigenvalue weighted by Gasteiger charge is 2.31. The maximum atomic E-state index is 12.0. The molecule has 7 heteroatoms. The zero-order valence-electron chi connectivity index (χ0n) is 10.4. The first kappa shape index (κ1) is 14.4. The summed E-state index contributed by atoms with van der Waals surface area (Å²) in [5.41, 5.74) is 0. The molecule has 2 fully saturated rings. The first-order valence-electron chi connectivity index (χ1n) is 6.63. The lowest BCUT2D eigenvalue weighted by molar-refractivity contribution is -0.111. The minimum absolute atomic E-state index is 0.0820. The molecule has 2 aliphatic rings. The van der Waals surface area contributed by atoms with E-state index in [1.165, 1.54) is 6.69 Å². The van der Waals surface area contributed by atoms with E-state index < -0.39 is 10.0 Å². The molecule has 0 aromatic carbocycles. The standard InChI is InChI=1S/C11H19BNO3S2/c14-11(9-7-8-9)17-12-13-18(15,16)10-5-3-1-2-4-6-10/h9-10,13H,1-8H2. The normalized spacial score (nSPS) is 22.4. The molecule has 1 N–H and O–H groups in total. The minimum Gasteiger partial charge on any atom is -0.288 e. The van der Waals surface area contributed by atoms with Gasteiger partial charge in [-0.25, -0.2) is 13.1 Å². The zero-order chi connectivity index (χ0) is 13.0. The Morgan fingerprint density at radius 1 is 1.06 bits per heavy atom. The van der Waals surface area contributed by atoms with Gasteiger partial charge >= 0.3 is 6.69 Å². The van der Waals surface area contributed by atoms with Gasteiger partial charge in [0.25, 0.3) is 0 Å². The average Bonchev–Trinajstić information content (AvgIpc) is 3.16. The van der Waals surface area contributed by atoms with Crippen LogP contribution >= 0.6 is 11.6 Å². The number of hydrogen-bond acceptors (Lipinski definition) is 4. The van der Waals surface area contributed by atoms with Crippen molar-refractivity contribution < 1.29 is 13.2 Å². The molecule has 2 aliphatic carbocycles. The molecular formula is C11H19BNO3S2. The van der Waals surface area contributed by atoms with E-state index in [0.29, 0.717) is 0 Å². The quantitative estimate of drug-likeness (QED) is 0.619. The Kier molecular flexibility index (Phi) is 5.15. The second-order valence-corrected chi connectivity index (χ2v) is 7.97. The van der Waals surface area contributed by atoms with Gasteiger partial charge in [0.1, 0.15) is 0 Å². The van der Waals surface area contributed by atoms with Gasteiger partial charge in [-0.1, -0.05) is 25.7 Å². The fraction of sp³-hybridized carbons (Fsp3) is 0.909. The molecule has 0 aromatic heterocycles. The Bertz CT molecular complexity index is 387. The van der Waals surface area contributed by atoms with Gasteiger partial charge in [0.15, 0.2) is 5.12 Å². The van der Waals surface area contributed by atoms with Crippen LogP contribution in [0.1, 0.15) is 51.4 Å². The molecule has 0 bridgehead atoms. The molecular weight excluding hydrogens is 269 g/mol. The van der Waals surface area contributed by atoms with Gasteiger partial charge in [-0.15, -0.1) is 11.6 Å². The van der Waals surface area contributed by atoms with Crippen LogP contribution in [0.25, 0.3) is 0 Å². The van der Waals surface area contributed by atoms with Crippen molar-refractivity contribution in [1.82, 2.24) is 4.63 Å². The highest BCUT2D eigenvalue weighted by atomic mass is 32.2. The van der Waals surface area contributed by atoms with E-state index in [1.807, 2.05) is 0 Å². The van der Waals surface area contributed by atoms with Crippen LogP contribution in [0.2, 0.25) is 0 Å².